The molecule has 0 aliphatic heterocycles. The average Bonchev–Trinajstić information content (AvgIpc) is 2.93. The minimum absolute atomic E-state index is 0.0228. The molecule has 6 heteroatoms. The van der Waals surface area contributed by atoms with E-state index in [-0.39, 0.29) is 12.3 Å². The molecule has 0 saturated heterocycles. The van der Waals surface area contributed by atoms with Gasteiger partial charge in [0.25, 0.3) is 5.69 Å². The first-order chi connectivity index (χ1) is 11.5. The Morgan fingerprint density at radius 3 is 2.71 bits per heavy atom. The molecule has 0 saturated carbocycles. The fourth-order valence-electron chi connectivity index (χ4n) is 2.74. The zero-order valence-corrected chi connectivity index (χ0v) is 13.4. The first-order valence-corrected chi connectivity index (χ1v) is 7.55. The molecule has 1 heterocycles. The molecule has 0 amide bonds. The molecule has 0 atom stereocenters. The number of carbonyl (C=O) groups is 1. The third-order valence-corrected chi connectivity index (χ3v) is 3.79. The zero-order chi connectivity index (χ0) is 17.3. The van der Waals surface area contributed by atoms with E-state index in [1.165, 1.54) is 6.07 Å². The summed E-state index contributed by atoms with van der Waals surface area (Å²) in [5.41, 5.74) is 2.50. The van der Waals surface area contributed by atoms with Gasteiger partial charge in [-0.15, -0.1) is 0 Å². The van der Waals surface area contributed by atoms with Crippen LogP contribution in [0.5, 0.6) is 0 Å². The van der Waals surface area contributed by atoms with Crippen molar-refractivity contribution in [1.82, 2.24) is 4.57 Å². The van der Waals surface area contributed by atoms with Gasteiger partial charge in [0.15, 0.2) is 0 Å². The van der Waals surface area contributed by atoms with E-state index in [4.69, 9.17) is 4.74 Å². The van der Waals surface area contributed by atoms with Crippen LogP contribution < -0.4 is 0 Å². The molecule has 0 unspecified atom stereocenters. The number of rotatable bonds is 4. The van der Waals surface area contributed by atoms with Gasteiger partial charge in [0, 0.05) is 17.6 Å². The Balaban J connectivity index is 2.30. The molecule has 0 N–H and O–H groups in total. The third-order valence-electron chi connectivity index (χ3n) is 3.79. The van der Waals surface area contributed by atoms with Crippen LogP contribution in [0, 0.1) is 17.0 Å². The number of nitrogens with zero attached hydrogens (tertiary/aromatic N) is 2. The number of carbonyl (C=O) groups excluding carboxylic acids is 1. The van der Waals surface area contributed by atoms with Gasteiger partial charge >= 0.3 is 5.97 Å². The van der Waals surface area contributed by atoms with Crippen molar-refractivity contribution in [2.45, 2.75) is 13.8 Å². The molecule has 0 radical (unpaired) electrons. The first-order valence-electron chi connectivity index (χ1n) is 7.55. The minimum Gasteiger partial charge on any atom is -0.462 e. The summed E-state index contributed by atoms with van der Waals surface area (Å²) in [5.74, 6) is -0.439. The van der Waals surface area contributed by atoms with E-state index in [0.29, 0.717) is 16.6 Å². The smallest absolute Gasteiger partial charge is 0.340 e. The fourth-order valence-corrected chi connectivity index (χ4v) is 2.74. The summed E-state index contributed by atoms with van der Waals surface area (Å²) < 4.78 is 6.78. The van der Waals surface area contributed by atoms with E-state index in [2.05, 4.69) is 0 Å². The SMILES string of the molecule is CCOC(=O)c1cn(-c2ccccc2[N+](=O)[O-])c2ccc(C)cc12. The van der Waals surface area contributed by atoms with E-state index in [0.717, 1.165) is 11.1 Å². The summed E-state index contributed by atoms with van der Waals surface area (Å²) in [6.45, 7) is 3.93. The molecule has 0 spiro atoms. The summed E-state index contributed by atoms with van der Waals surface area (Å²) in [5, 5.41) is 12.0. The van der Waals surface area contributed by atoms with E-state index in [9.17, 15) is 14.9 Å². The van der Waals surface area contributed by atoms with Gasteiger partial charge in [0.05, 0.1) is 22.6 Å². The predicted octanol–water partition coefficient (Wildman–Crippen LogP) is 4.02. The van der Waals surface area contributed by atoms with Crippen molar-refractivity contribution >= 4 is 22.6 Å². The van der Waals surface area contributed by atoms with Gasteiger partial charge in [-0.2, -0.15) is 0 Å². The fraction of sp³-hybridized carbons (Fsp3) is 0.167. The van der Waals surface area contributed by atoms with Gasteiger partial charge in [-0.3, -0.25) is 10.1 Å². The van der Waals surface area contributed by atoms with Crippen LogP contribution in [0.1, 0.15) is 22.8 Å². The number of aromatic nitrogens is 1. The Kier molecular flexibility index (Phi) is 4.04. The summed E-state index contributed by atoms with van der Waals surface area (Å²) in [6, 6.07) is 12.1. The molecule has 3 aromatic rings. The number of aryl methyl sites for hydroxylation is 1. The normalized spacial score (nSPS) is 10.8. The lowest BCUT2D eigenvalue weighted by atomic mass is 10.1. The Morgan fingerprint density at radius 2 is 2.00 bits per heavy atom. The molecule has 0 aliphatic carbocycles. The molecule has 6 nitrogen and oxygen atoms in total. The van der Waals surface area contributed by atoms with E-state index < -0.39 is 10.9 Å². The van der Waals surface area contributed by atoms with Crippen LogP contribution in [-0.2, 0) is 4.74 Å². The summed E-state index contributed by atoms with van der Waals surface area (Å²) in [6.07, 6.45) is 1.60. The van der Waals surface area contributed by atoms with Gasteiger partial charge < -0.3 is 9.30 Å². The molecule has 1 aromatic heterocycles. The van der Waals surface area contributed by atoms with Crippen LogP contribution in [0.3, 0.4) is 0 Å². The monoisotopic (exact) mass is 324 g/mol. The lowest BCUT2D eigenvalue weighted by Gasteiger charge is -2.06. The number of hydrogen-bond acceptors (Lipinski definition) is 4. The molecule has 0 aliphatic rings. The second-order valence-electron chi connectivity index (χ2n) is 5.40. The first kappa shape index (κ1) is 15.7. The number of para-hydroxylation sites is 2. The van der Waals surface area contributed by atoms with Gasteiger partial charge in [-0.25, -0.2) is 4.79 Å². The van der Waals surface area contributed by atoms with Crippen LogP contribution in [0.4, 0.5) is 5.69 Å². The van der Waals surface area contributed by atoms with Crippen LogP contribution >= 0.6 is 0 Å². The number of benzene rings is 2. The van der Waals surface area contributed by atoms with Crippen LogP contribution in [0.25, 0.3) is 16.6 Å². The van der Waals surface area contributed by atoms with Crippen molar-refractivity contribution in [2.75, 3.05) is 6.61 Å². The summed E-state index contributed by atoms with van der Waals surface area (Å²) >= 11 is 0. The lowest BCUT2D eigenvalue weighted by molar-refractivity contribution is -0.384. The minimum atomic E-state index is -0.439. The number of nitro groups is 1. The highest BCUT2D eigenvalue weighted by Crippen LogP contribution is 2.30. The maximum atomic E-state index is 12.3. The van der Waals surface area contributed by atoms with Crippen molar-refractivity contribution in [3.05, 3.63) is 69.9 Å². The molecule has 122 valence electrons. The molecular weight excluding hydrogens is 308 g/mol. The Hall–Kier alpha value is -3.15. The molecular formula is C18H16N2O4. The van der Waals surface area contributed by atoms with Crippen LogP contribution in [0.15, 0.2) is 48.7 Å². The number of hydrogen-bond donors (Lipinski definition) is 0. The third kappa shape index (κ3) is 2.62. The van der Waals surface area contributed by atoms with Gasteiger partial charge in [0.2, 0.25) is 0 Å². The summed E-state index contributed by atoms with van der Waals surface area (Å²) in [4.78, 5) is 23.2. The Labute approximate surface area is 138 Å². The van der Waals surface area contributed by atoms with E-state index in [1.807, 2.05) is 25.1 Å². The second-order valence-corrected chi connectivity index (χ2v) is 5.40. The topological polar surface area (TPSA) is 74.4 Å². The summed E-state index contributed by atoms with van der Waals surface area (Å²) in [7, 11) is 0. The number of fused-ring (bicyclic) bond motifs is 1. The highest BCUT2D eigenvalue weighted by atomic mass is 16.6. The van der Waals surface area contributed by atoms with Crippen molar-refractivity contribution < 1.29 is 14.5 Å². The zero-order valence-electron chi connectivity index (χ0n) is 13.4. The van der Waals surface area contributed by atoms with Crippen molar-refractivity contribution in [3.8, 4) is 5.69 Å². The quantitative estimate of drug-likeness (QED) is 0.412. The number of ether oxygens (including phenoxy) is 1. The van der Waals surface area contributed by atoms with Crippen LogP contribution in [0.2, 0.25) is 0 Å². The van der Waals surface area contributed by atoms with E-state index in [1.54, 1.807) is 35.9 Å². The van der Waals surface area contributed by atoms with Gasteiger partial charge in [0.1, 0.15) is 5.69 Å². The highest BCUT2D eigenvalue weighted by Gasteiger charge is 2.21. The lowest BCUT2D eigenvalue weighted by Crippen LogP contribution is -2.04. The Morgan fingerprint density at radius 1 is 1.25 bits per heavy atom. The average molecular weight is 324 g/mol. The maximum absolute atomic E-state index is 12.3. The van der Waals surface area contributed by atoms with Gasteiger partial charge in [-0.05, 0) is 32.0 Å². The molecule has 3 rings (SSSR count). The van der Waals surface area contributed by atoms with E-state index >= 15 is 0 Å². The van der Waals surface area contributed by atoms with Crippen molar-refractivity contribution in [1.29, 1.82) is 0 Å². The van der Waals surface area contributed by atoms with Gasteiger partial charge in [-0.1, -0.05) is 23.8 Å². The standard InChI is InChI=1S/C18H16N2O4/c1-3-24-18(21)14-11-19(15-9-8-12(2)10-13(14)15)16-6-4-5-7-17(16)20(22)23/h4-11H,3H2,1-2H3. The number of nitro benzene ring substituents is 1. The molecule has 24 heavy (non-hydrogen) atoms. The second kappa shape index (κ2) is 6.16. The van der Waals surface area contributed by atoms with Crippen molar-refractivity contribution in [2.24, 2.45) is 0 Å². The molecule has 0 fully saturated rings. The number of esters is 1. The van der Waals surface area contributed by atoms with Crippen molar-refractivity contribution in [3.63, 3.8) is 0 Å². The molecule has 0 bridgehead atoms. The highest BCUT2D eigenvalue weighted by molar-refractivity contribution is 6.05. The Bertz CT molecular complexity index is 943. The molecule has 2 aromatic carbocycles. The van der Waals surface area contributed by atoms with Crippen LogP contribution in [-0.4, -0.2) is 22.1 Å². The largest absolute Gasteiger partial charge is 0.462 e. The maximum Gasteiger partial charge on any atom is 0.340 e. The predicted molar refractivity (Wildman–Crippen MR) is 90.6 cm³/mol.